The van der Waals surface area contributed by atoms with Gasteiger partial charge in [-0.1, -0.05) is 18.2 Å². The van der Waals surface area contributed by atoms with Gasteiger partial charge in [-0.2, -0.15) is 5.10 Å². The zero-order valence-corrected chi connectivity index (χ0v) is 12.4. The van der Waals surface area contributed by atoms with Crippen LogP contribution in [0.4, 0.5) is 0 Å². The van der Waals surface area contributed by atoms with Gasteiger partial charge in [0.2, 0.25) is 0 Å². The fourth-order valence-corrected chi connectivity index (χ4v) is 2.46. The van der Waals surface area contributed by atoms with Gasteiger partial charge in [-0.25, -0.2) is 4.68 Å². The molecule has 108 valence electrons. The molecule has 0 spiro atoms. The summed E-state index contributed by atoms with van der Waals surface area (Å²) >= 11 is 0. The van der Waals surface area contributed by atoms with Gasteiger partial charge in [-0.3, -0.25) is 0 Å². The highest BCUT2D eigenvalue weighted by Gasteiger charge is 2.09. The van der Waals surface area contributed by atoms with E-state index in [9.17, 15) is 0 Å². The van der Waals surface area contributed by atoms with Gasteiger partial charge >= 0.3 is 0 Å². The van der Waals surface area contributed by atoms with Crippen molar-refractivity contribution in [3.8, 4) is 5.69 Å². The van der Waals surface area contributed by atoms with Crippen molar-refractivity contribution in [2.75, 3.05) is 7.05 Å². The summed E-state index contributed by atoms with van der Waals surface area (Å²) in [5.74, 6) is 0. The molecule has 21 heavy (non-hydrogen) atoms. The van der Waals surface area contributed by atoms with Crippen LogP contribution < -0.4 is 5.32 Å². The summed E-state index contributed by atoms with van der Waals surface area (Å²) in [5, 5.41) is 7.94. The number of aromatic nitrogens is 3. The Morgan fingerprint density at radius 2 is 1.86 bits per heavy atom. The minimum atomic E-state index is 0.330. The first-order valence-electron chi connectivity index (χ1n) is 7.20. The number of nitrogens with zero attached hydrogens (tertiary/aromatic N) is 3. The minimum Gasteiger partial charge on any atom is -0.344 e. The Balaban J connectivity index is 1.81. The lowest BCUT2D eigenvalue weighted by atomic mass is 10.2. The molecule has 0 bridgehead atoms. The highest BCUT2D eigenvalue weighted by atomic mass is 15.3. The van der Waals surface area contributed by atoms with Crippen molar-refractivity contribution in [2.45, 2.75) is 19.5 Å². The van der Waals surface area contributed by atoms with Gasteiger partial charge in [-0.15, -0.1) is 0 Å². The number of nitrogens with one attached hydrogen (secondary N) is 1. The summed E-state index contributed by atoms with van der Waals surface area (Å²) < 4.78 is 4.15. The third-order valence-electron chi connectivity index (χ3n) is 3.74. The second-order valence-electron chi connectivity index (χ2n) is 5.16. The van der Waals surface area contributed by atoms with Gasteiger partial charge < -0.3 is 9.88 Å². The van der Waals surface area contributed by atoms with E-state index in [2.05, 4.69) is 58.4 Å². The zero-order chi connectivity index (χ0) is 14.7. The van der Waals surface area contributed by atoms with Crippen molar-refractivity contribution in [1.82, 2.24) is 19.7 Å². The minimum absolute atomic E-state index is 0.330. The van der Waals surface area contributed by atoms with Crippen LogP contribution >= 0.6 is 0 Å². The zero-order valence-electron chi connectivity index (χ0n) is 12.4. The normalized spacial score (nSPS) is 12.5. The first-order chi connectivity index (χ1) is 10.3. The first-order valence-corrected chi connectivity index (χ1v) is 7.20. The first kappa shape index (κ1) is 13.6. The third kappa shape index (κ3) is 2.90. The maximum Gasteiger partial charge on any atom is 0.0826 e. The Kier molecular flexibility index (Phi) is 3.88. The summed E-state index contributed by atoms with van der Waals surface area (Å²) in [6.45, 7) is 2.95. The van der Waals surface area contributed by atoms with Gasteiger partial charge in [0.1, 0.15) is 0 Å². The second-order valence-corrected chi connectivity index (χ2v) is 5.16. The van der Waals surface area contributed by atoms with Crippen LogP contribution in [0.15, 0.2) is 60.9 Å². The van der Waals surface area contributed by atoms with E-state index >= 15 is 0 Å². The smallest absolute Gasteiger partial charge is 0.0826 e. The van der Waals surface area contributed by atoms with E-state index in [0.29, 0.717) is 6.04 Å². The molecule has 0 saturated heterocycles. The maximum atomic E-state index is 4.66. The Labute approximate surface area is 125 Å². The summed E-state index contributed by atoms with van der Waals surface area (Å²) in [5.41, 5.74) is 3.41. The summed E-state index contributed by atoms with van der Waals surface area (Å²) in [6.07, 6.45) is 4.11. The molecule has 0 aliphatic heterocycles. The predicted octanol–water partition coefficient (Wildman–Crippen LogP) is 3.00. The lowest BCUT2D eigenvalue weighted by Gasteiger charge is -2.14. The Morgan fingerprint density at radius 1 is 1.05 bits per heavy atom. The fraction of sp³-hybridized carbons (Fsp3) is 0.235. The molecule has 2 heterocycles. The van der Waals surface area contributed by atoms with E-state index < -0.39 is 0 Å². The van der Waals surface area contributed by atoms with Crippen molar-refractivity contribution in [3.63, 3.8) is 0 Å². The molecule has 4 heteroatoms. The van der Waals surface area contributed by atoms with Gasteiger partial charge in [0.05, 0.1) is 17.9 Å². The highest BCUT2D eigenvalue weighted by molar-refractivity contribution is 5.30. The molecule has 4 nitrogen and oxygen atoms in total. The van der Waals surface area contributed by atoms with Gasteiger partial charge in [-0.05, 0) is 44.3 Å². The molecule has 3 rings (SSSR count). The van der Waals surface area contributed by atoms with E-state index in [4.69, 9.17) is 0 Å². The van der Waals surface area contributed by atoms with E-state index in [1.807, 2.05) is 36.1 Å². The van der Waals surface area contributed by atoms with Crippen LogP contribution in [0.25, 0.3) is 5.69 Å². The molecular formula is C17H20N4. The number of para-hydroxylation sites is 1. The molecule has 1 atom stereocenters. The van der Waals surface area contributed by atoms with E-state index in [1.54, 1.807) is 0 Å². The number of hydrogen-bond acceptors (Lipinski definition) is 2. The molecule has 0 amide bonds. The molecule has 1 N–H and O–H groups in total. The maximum absolute atomic E-state index is 4.66. The number of benzene rings is 1. The van der Waals surface area contributed by atoms with Gasteiger partial charge in [0.15, 0.2) is 0 Å². The molecule has 0 fully saturated rings. The molecule has 0 aliphatic rings. The van der Waals surface area contributed by atoms with E-state index in [0.717, 1.165) is 17.9 Å². The summed E-state index contributed by atoms with van der Waals surface area (Å²) in [4.78, 5) is 0. The highest BCUT2D eigenvalue weighted by Crippen LogP contribution is 2.15. The predicted molar refractivity (Wildman–Crippen MR) is 84.6 cm³/mol. The molecule has 0 radical (unpaired) electrons. The third-order valence-corrected chi connectivity index (χ3v) is 3.74. The number of hydrogen-bond donors (Lipinski definition) is 1. The molecule has 1 unspecified atom stereocenters. The van der Waals surface area contributed by atoms with E-state index in [1.165, 1.54) is 5.69 Å². The quantitative estimate of drug-likeness (QED) is 0.779. The monoisotopic (exact) mass is 280 g/mol. The van der Waals surface area contributed by atoms with Crippen LogP contribution in [-0.4, -0.2) is 21.4 Å². The van der Waals surface area contributed by atoms with Crippen LogP contribution in [0.3, 0.4) is 0 Å². The van der Waals surface area contributed by atoms with E-state index in [-0.39, 0.29) is 0 Å². The molecule has 0 aliphatic carbocycles. The number of rotatable bonds is 5. The van der Waals surface area contributed by atoms with Crippen LogP contribution in [0.5, 0.6) is 0 Å². The summed E-state index contributed by atoms with van der Waals surface area (Å²) in [6, 6.07) is 16.8. The largest absolute Gasteiger partial charge is 0.344 e. The van der Waals surface area contributed by atoms with Gasteiger partial charge in [0.25, 0.3) is 0 Å². The topological polar surface area (TPSA) is 34.8 Å². The van der Waals surface area contributed by atoms with Crippen molar-refractivity contribution in [2.24, 2.45) is 0 Å². The second kappa shape index (κ2) is 5.97. The molecule has 2 aromatic heterocycles. The van der Waals surface area contributed by atoms with Crippen LogP contribution in [-0.2, 0) is 6.54 Å². The fourth-order valence-electron chi connectivity index (χ4n) is 2.46. The van der Waals surface area contributed by atoms with Gasteiger partial charge in [0, 0.05) is 24.1 Å². The molecule has 3 aromatic rings. The lowest BCUT2D eigenvalue weighted by Crippen LogP contribution is -2.17. The van der Waals surface area contributed by atoms with Crippen LogP contribution in [0.1, 0.15) is 24.4 Å². The average Bonchev–Trinajstić information content (AvgIpc) is 3.17. The average molecular weight is 280 g/mol. The van der Waals surface area contributed by atoms with Crippen molar-refractivity contribution in [1.29, 1.82) is 0 Å². The summed E-state index contributed by atoms with van der Waals surface area (Å²) in [7, 11) is 1.98. The van der Waals surface area contributed by atoms with Crippen LogP contribution in [0.2, 0.25) is 0 Å². The SMILES string of the molecule is CNC(C)c1cccn1Cc1ccn(-c2ccccc2)n1. The van der Waals surface area contributed by atoms with Crippen molar-refractivity contribution >= 4 is 0 Å². The lowest BCUT2D eigenvalue weighted by molar-refractivity contribution is 0.585. The van der Waals surface area contributed by atoms with Crippen LogP contribution in [0, 0.1) is 0 Å². The molecule has 0 saturated carbocycles. The Hall–Kier alpha value is -2.33. The Morgan fingerprint density at radius 3 is 2.62 bits per heavy atom. The standard InChI is InChI=1S/C17H20N4/c1-14(18-2)17-9-6-11-20(17)13-15-10-12-21(19-15)16-7-4-3-5-8-16/h3-12,14,18H,13H2,1-2H3. The van der Waals surface area contributed by atoms with Crippen molar-refractivity contribution < 1.29 is 0 Å². The Bertz CT molecular complexity index is 696. The molecule has 1 aromatic carbocycles. The van der Waals surface area contributed by atoms with Crippen molar-refractivity contribution in [3.05, 3.63) is 72.3 Å². The molecular weight excluding hydrogens is 260 g/mol.